The first-order valence-electron chi connectivity index (χ1n) is 16.7. The van der Waals surface area contributed by atoms with Gasteiger partial charge in [-0.05, 0) is 42.0 Å². The number of aromatic nitrogens is 4. The molecule has 0 aliphatic heterocycles. The van der Waals surface area contributed by atoms with E-state index < -0.39 is 0 Å². The molecular formula is C45H28N4O. The molecule has 5 nitrogen and oxygen atoms in total. The van der Waals surface area contributed by atoms with Crippen LogP contribution in [0.1, 0.15) is 0 Å². The zero-order chi connectivity index (χ0) is 33.0. The van der Waals surface area contributed by atoms with Crippen LogP contribution in [0.5, 0.6) is 0 Å². The first-order valence-corrected chi connectivity index (χ1v) is 16.7. The van der Waals surface area contributed by atoms with Crippen molar-refractivity contribution >= 4 is 43.7 Å². The van der Waals surface area contributed by atoms with Crippen LogP contribution in [0, 0.1) is 0 Å². The third-order valence-corrected chi connectivity index (χ3v) is 9.46. The topological polar surface area (TPSA) is 56.7 Å². The monoisotopic (exact) mass is 640 g/mol. The number of nitrogens with zero attached hydrogens (tertiary/aromatic N) is 4. The molecular weight excluding hydrogens is 613 g/mol. The molecule has 0 saturated heterocycles. The Morgan fingerprint density at radius 3 is 1.66 bits per heavy atom. The minimum absolute atomic E-state index is 0.632. The normalized spacial score (nSPS) is 11.6. The Kier molecular flexibility index (Phi) is 6.42. The molecule has 5 heteroatoms. The standard InChI is InChI=1S/C45H28N4O/c1-4-14-29(15-5-1)33-21-12-22-35-41-39(24-13-25-40(41)50-42(33)35)49-37-23-11-10-20-34(37)36-28-32(26-27-38(36)49)45-47-43(30-16-6-2-7-17-30)46-44(48-45)31-18-8-3-9-19-31/h1-28H. The largest absolute Gasteiger partial charge is 0.455 e. The van der Waals surface area contributed by atoms with Crippen LogP contribution in [-0.2, 0) is 0 Å². The SMILES string of the molecule is c1ccc(-c2nc(-c3ccccc3)nc(-c3ccc4c(c3)c3ccccc3n4-c3cccc4oc5c(-c6ccccc6)cccc5c34)n2)cc1. The molecule has 0 radical (unpaired) electrons. The lowest BCUT2D eigenvalue weighted by atomic mass is 10.0. The highest BCUT2D eigenvalue weighted by Gasteiger charge is 2.20. The van der Waals surface area contributed by atoms with E-state index in [1.807, 2.05) is 66.7 Å². The zero-order valence-electron chi connectivity index (χ0n) is 26.9. The molecule has 7 aromatic carbocycles. The molecule has 10 aromatic rings. The van der Waals surface area contributed by atoms with E-state index in [0.717, 1.165) is 77.2 Å². The lowest BCUT2D eigenvalue weighted by Gasteiger charge is -2.11. The molecule has 50 heavy (non-hydrogen) atoms. The van der Waals surface area contributed by atoms with Gasteiger partial charge in [0.2, 0.25) is 0 Å². The molecule has 0 atom stereocenters. The van der Waals surface area contributed by atoms with Crippen molar-refractivity contribution in [1.29, 1.82) is 0 Å². The van der Waals surface area contributed by atoms with E-state index >= 15 is 0 Å². The highest BCUT2D eigenvalue weighted by Crippen LogP contribution is 2.42. The van der Waals surface area contributed by atoms with Crippen LogP contribution in [-0.4, -0.2) is 19.5 Å². The Morgan fingerprint density at radius 2 is 0.960 bits per heavy atom. The molecule has 0 aliphatic carbocycles. The van der Waals surface area contributed by atoms with Gasteiger partial charge < -0.3 is 8.98 Å². The average molecular weight is 641 g/mol. The molecule has 234 valence electrons. The number of rotatable bonds is 5. The van der Waals surface area contributed by atoms with Gasteiger partial charge in [0, 0.05) is 38.4 Å². The second-order valence-corrected chi connectivity index (χ2v) is 12.4. The van der Waals surface area contributed by atoms with Crippen LogP contribution in [0.3, 0.4) is 0 Å². The van der Waals surface area contributed by atoms with Gasteiger partial charge in [0.05, 0.1) is 22.1 Å². The van der Waals surface area contributed by atoms with E-state index in [1.54, 1.807) is 0 Å². The molecule has 0 amide bonds. The van der Waals surface area contributed by atoms with E-state index in [4.69, 9.17) is 19.4 Å². The van der Waals surface area contributed by atoms with Crippen molar-refractivity contribution in [2.24, 2.45) is 0 Å². The van der Waals surface area contributed by atoms with Crippen LogP contribution < -0.4 is 0 Å². The number of para-hydroxylation sites is 2. The molecule has 0 N–H and O–H groups in total. The smallest absolute Gasteiger partial charge is 0.164 e. The summed E-state index contributed by atoms with van der Waals surface area (Å²) in [6, 6.07) is 58.5. The maximum atomic E-state index is 6.64. The Morgan fingerprint density at radius 1 is 0.400 bits per heavy atom. The molecule has 0 fully saturated rings. The highest BCUT2D eigenvalue weighted by atomic mass is 16.3. The van der Waals surface area contributed by atoms with Crippen molar-refractivity contribution < 1.29 is 4.42 Å². The second-order valence-electron chi connectivity index (χ2n) is 12.4. The predicted octanol–water partition coefficient (Wildman–Crippen LogP) is 11.5. The van der Waals surface area contributed by atoms with Crippen molar-refractivity contribution in [1.82, 2.24) is 19.5 Å². The quantitative estimate of drug-likeness (QED) is 0.188. The van der Waals surface area contributed by atoms with Crippen LogP contribution in [0.15, 0.2) is 174 Å². The van der Waals surface area contributed by atoms with Gasteiger partial charge in [-0.2, -0.15) is 0 Å². The van der Waals surface area contributed by atoms with Crippen LogP contribution >= 0.6 is 0 Å². The summed E-state index contributed by atoms with van der Waals surface area (Å²) in [4.78, 5) is 14.9. The fourth-order valence-electron chi connectivity index (χ4n) is 7.17. The fourth-order valence-corrected chi connectivity index (χ4v) is 7.17. The molecule has 10 rings (SSSR count). The van der Waals surface area contributed by atoms with E-state index in [0.29, 0.717) is 17.5 Å². The molecule has 3 heterocycles. The molecule has 3 aromatic heterocycles. The summed E-state index contributed by atoms with van der Waals surface area (Å²) in [5.74, 6) is 1.92. The van der Waals surface area contributed by atoms with Gasteiger partial charge in [-0.25, -0.2) is 15.0 Å². The third-order valence-electron chi connectivity index (χ3n) is 9.46. The van der Waals surface area contributed by atoms with Crippen molar-refractivity contribution in [2.75, 3.05) is 0 Å². The van der Waals surface area contributed by atoms with Gasteiger partial charge in [-0.15, -0.1) is 0 Å². The van der Waals surface area contributed by atoms with Gasteiger partial charge in [-0.3, -0.25) is 0 Å². The lowest BCUT2D eigenvalue weighted by molar-refractivity contribution is 0.670. The second kappa shape index (κ2) is 11.4. The van der Waals surface area contributed by atoms with E-state index in [2.05, 4.69) is 108 Å². The summed E-state index contributed by atoms with van der Waals surface area (Å²) in [7, 11) is 0. The first-order chi connectivity index (χ1) is 24.8. The van der Waals surface area contributed by atoms with Gasteiger partial charge in [0.15, 0.2) is 17.5 Å². The molecule has 0 unspecified atom stereocenters. The summed E-state index contributed by atoms with van der Waals surface area (Å²) in [6.45, 7) is 0. The number of hydrogen-bond donors (Lipinski definition) is 0. The number of benzene rings is 7. The predicted molar refractivity (Wildman–Crippen MR) is 203 cm³/mol. The Labute approximate surface area is 287 Å². The van der Waals surface area contributed by atoms with Crippen molar-refractivity contribution in [3.63, 3.8) is 0 Å². The lowest BCUT2D eigenvalue weighted by Crippen LogP contribution is -2.00. The van der Waals surface area contributed by atoms with Crippen LogP contribution in [0.2, 0.25) is 0 Å². The zero-order valence-corrected chi connectivity index (χ0v) is 26.9. The summed E-state index contributed by atoms with van der Waals surface area (Å²) in [5.41, 5.74) is 10.1. The Balaban J connectivity index is 1.20. The van der Waals surface area contributed by atoms with Gasteiger partial charge in [0.25, 0.3) is 0 Å². The number of furan rings is 1. The van der Waals surface area contributed by atoms with Gasteiger partial charge in [0.1, 0.15) is 11.2 Å². The summed E-state index contributed by atoms with van der Waals surface area (Å²) in [5, 5.41) is 4.45. The van der Waals surface area contributed by atoms with Gasteiger partial charge >= 0.3 is 0 Å². The molecule has 0 bridgehead atoms. The minimum atomic E-state index is 0.632. The van der Waals surface area contributed by atoms with Crippen molar-refractivity contribution in [2.45, 2.75) is 0 Å². The highest BCUT2D eigenvalue weighted by molar-refractivity contribution is 6.16. The summed E-state index contributed by atoms with van der Waals surface area (Å²) >= 11 is 0. The maximum Gasteiger partial charge on any atom is 0.164 e. The Bertz CT molecular complexity index is 2800. The average Bonchev–Trinajstić information content (AvgIpc) is 3.74. The molecule has 0 spiro atoms. The van der Waals surface area contributed by atoms with Crippen molar-refractivity contribution in [3.8, 4) is 51.0 Å². The van der Waals surface area contributed by atoms with Crippen LogP contribution in [0.4, 0.5) is 0 Å². The minimum Gasteiger partial charge on any atom is -0.455 e. The van der Waals surface area contributed by atoms with Gasteiger partial charge in [-0.1, -0.05) is 133 Å². The first kappa shape index (κ1) is 28.2. The molecule has 0 saturated carbocycles. The number of hydrogen-bond acceptors (Lipinski definition) is 4. The van der Waals surface area contributed by atoms with E-state index in [9.17, 15) is 0 Å². The maximum absolute atomic E-state index is 6.64. The van der Waals surface area contributed by atoms with E-state index in [-0.39, 0.29) is 0 Å². The summed E-state index contributed by atoms with van der Waals surface area (Å²) < 4.78 is 9.00. The number of fused-ring (bicyclic) bond motifs is 6. The summed E-state index contributed by atoms with van der Waals surface area (Å²) in [6.07, 6.45) is 0. The third kappa shape index (κ3) is 4.52. The van der Waals surface area contributed by atoms with E-state index in [1.165, 1.54) is 0 Å². The van der Waals surface area contributed by atoms with Crippen LogP contribution in [0.25, 0.3) is 94.7 Å². The van der Waals surface area contributed by atoms with Crippen molar-refractivity contribution in [3.05, 3.63) is 170 Å². The fraction of sp³-hybridized carbons (Fsp3) is 0. The Hall–Kier alpha value is -6.85. The molecule has 0 aliphatic rings.